The van der Waals surface area contributed by atoms with E-state index in [0.29, 0.717) is 17.4 Å². The van der Waals surface area contributed by atoms with Crippen LogP contribution < -0.4 is 4.90 Å². The van der Waals surface area contributed by atoms with Gasteiger partial charge >= 0.3 is 0 Å². The highest BCUT2D eigenvalue weighted by atomic mass is 16.2. The van der Waals surface area contributed by atoms with Crippen LogP contribution >= 0.6 is 0 Å². The average molecular weight is 392 g/mol. The zero-order valence-electron chi connectivity index (χ0n) is 17.4. The maximum Gasteiger partial charge on any atom is 0.226 e. The molecule has 0 N–H and O–H groups in total. The zero-order chi connectivity index (χ0) is 20.1. The summed E-state index contributed by atoms with van der Waals surface area (Å²) in [6, 6.07) is 4.64. The van der Waals surface area contributed by atoms with Gasteiger partial charge in [0.15, 0.2) is 0 Å². The van der Waals surface area contributed by atoms with Gasteiger partial charge in [-0.2, -0.15) is 5.26 Å². The number of carbonyl (C=O) groups excluding carboxylic acids is 1. The number of hydrogen-bond acceptors (Lipinski definition) is 5. The molecule has 5 rings (SSSR count). The Morgan fingerprint density at radius 3 is 2.62 bits per heavy atom. The van der Waals surface area contributed by atoms with E-state index in [1.54, 1.807) is 0 Å². The minimum atomic E-state index is 0.153. The van der Waals surface area contributed by atoms with Crippen molar-refractivity contribution < 1.29 is 4.79 Å². The monoisotopic (exact) mass is 391 g/mol. The number of piperazine rings is 1. The van der Waals surface area contributed by atoms with E-state index in [1.807, 2.05) is 4.90 Å². The molecule has 152 valence electrons. The minimum absolute atomic E-state index is 0.153. The Bertz CT molecular complexity index is 909. The third-order valence-electron chi connectivity index (χ3n) is 6.69. The van der Waals surface area contributed by atoms with E-state index in [0.717, 1.165) is 51.4 Å². The van der Waals surface area contributed by atoms with Gasteiger partial charge in [-0.05, 0) is 51.3 Å². The second kappa shape index (κ2) is 7.14. The molecule has 1 aromatic rings. The SMILES string of the molecule is CC1CN(c2nc(C3CC3)c(C3=CCN(C)C3)cc2C#N)CCN1C(=O)C1CC1. The number of carbonyl (C=O) groups is 1. The lowest BCUT2D eigenvalue weighted by Gasteiger charge is -2.41. The molecule has 1 aromatic heterocycles. The van der Waals surface area contributed by atoms with E-state index >= 15 is 0 Å². The van der Waals surface area contributed by atoms with Crippen LogP contribution in [0, 0.1) is 17.2 Å². The number of amides is 1. The van der Waals surface area contributed by atoms with Crippen LogP contribution in [0.2, 0.25) is 0 Å². The van der Waals surface area contributed by atoms with Gasteiger partial charge in [0.1, 0.15) is 11.9 Å². The van der Waals surface area contributed by atoms with Crippen molar-refractivity contribution in [1.82, 2.24) is 14.8 Å². The molecule has 2 aliphatic carbocycles. The minimum Gasteiger partial charge on any atom is -0.352 e. The summed E-state index contributed by atoms with van der Waals surface area (Å²) >= 11 is 0. The van der Waals surface area contributed by atoms with Crippen LogP contribution in [0.25, 0.3) is 5.57 Å². The first-order chi connectivity index (χ1) is 14.0. The van der Waals surface area contributed by atoms with E-state index in [9.17, 15) is 10.1 Å². The molecule has 6 heteroatoms. The number of anilines is 1. The van der Waals surface area contributed by atoms with Crippen molar-refractivity contribution in [2.45, 2.75) is 44.6 Å². The lowest BCUT2D eigenvalue weighted by molar-refractivity contribution is -0.134. The number of aromatic nitrogens is 1. The molecule has 1 saturated heterocycles. The predicted octanol–water partition coefficient (Wildman–Crippen LogP) is 2.61. The van der Waals surface area contributed by atoms with E-state index in [2.05, 4.69) is 42.0 Å². The topological polar surface area (TPSA) is 63.5 Å². The Morgan fingerprint density at radius 1 is 1.24 bits per heavy atom. The molecule has 2 aliphatic heterocycles. The number of likely N-dealkylation sites (N-methyl/N-ethyl adjacent to an activating group) is 1. The second-order valence-electron chi connectivity index (χ2n) is 9.21. The van der Waals surface area contributed by atoms with Crippen LogP contribution in [-0.4, -0.2) is 66.5 Å². The van der Waals surface area contributed by atoms with E-state index in [1.165, 1.54) is 29.7 Å². The molecule has 6 nitrogen and oxygen atoms in total. The molecule has 1 atom stereocenters. The van der Waals surface area contributed by atoms with Gasteiger partial charge in [-0.3, -0.25) is 9.69 Å². The Hall–Kier alpha value is -2.39. The summed E-state index contributed by atoms with van der Waals surface area (Å²) in [5.74, 6) is 1.92. The molecule has 0 bridgehead atoms. The molecule has 2 saturated carbocycles. The van der Waals surface area contributed by atoms with Gasteiger partial charge in [0.05, 0.1) is 11.3 Å². The van der Waals surface area contributed by atoms with Crippen molar-refractivity contribution >= 4 is 17.3 Å². The van der Waals surface area contributed by atoms with Crippen LogP contribution in [0.3, 0.4) is 0 Å². The maximum absolute atomic E-state index is 12.5. The van der Waals surface area contributed by atoms with Crippen LogP contribution in [-0.2, 0) is 4.79 Å². The quantitative estimate of drug-likeness (QED) is 0.789. The first kappa shape index (κ1) is 18.6. The summed E-state index contributed by atoms with van der Waals surface area (Å²) in [6.07, 6.45) is 6.74. The van der Waals surface area contributed by atoms with Crippen LogP contribution in [0.1, 0.15) is 55.3 Å². The third kappa shape index (κ3) is 3.53. The first-order valence-corrected chi connectivity index (χ1v) is 10.9. The van der Waals surface area contributed by atoms with Gasteiger partial charge < -0.3 is 9.80 Å². The number of hydrogen-bond donors (Lipinski definition) is 0. The van der Waals surface area contributed by atoms with Crippen LogP contribution in [0.15, 0.2) is 12.1 Å². The lowest BCUT2D eigenvalue weighted by Crippen LogP contribution is -2.55. The molecule has 1 unspecified atom stereocenters. The van der Waals surface area contributed by atoms with Crippen molar-refractivity contribution in [2.75, 3.05) is 44.7 Å². The van der Waals surface area contributed by atoms with Gasteiger partial charge in [-0.1, -0.05) is 6.08 Å². The predicted molar refractivity (Wildman–Crippen MR) is 113 cm³/mol. The van der Waals surface area contributed by atoms with Crippen molar-refractivity contribution in [3.63, 3.8) is 0 Å². The highest BCUT2D eigenvalue weighted by molar-refractivity contribution is 5.81. The molecule has 1 amide bonds. The molecule has 0 radical (unpaired) electrons. The Balaban J connectivity index is 1.44. The lowest BCUT2D eigenvalue weighted by atomic mass is 9.99. The molecular formula is C23H29N5O. The van der Waals surface area contributed by atoms with Crippen LogP contribution in [0.4, 0.5) is 5.82 Å². The average Bonchev–Trinajstić information content (AvgIpc) is 3.64. The van der Waals surface area contributed by atoms with Gasteiger partial charge in [-0.15, -0.1) is 0 Å². The number of pyridine rings is 1. The summed E-state index contributed by atoms with van der Waals surface area (Å²) < 4.78 is 0. The Kier molecular flexibility index (Phi) is 4.59. The summed E-state index contributed by atoms with van der Waals surface area (Å²) in [7, 11) is 2.12. The largest absolute Gasteiger partial charge is 0.352 e. The van der Waals surface area contributed by atoms with Gasteiger partial charge in [0.2, 0.25) is 5.91 Å². The Labute approximate surface area is 172 Å². The molecule has 0 spiro atoms. The van der Waals surface area contributed by atoms with E-state index < -0.39 is 0 Å². The molecule has 3 fully saturated rings. The number of nitrogens with zero attached hydrogens (tertiary/aromatic N) is 5. The maximum atomic E-state index is 12.5. The molecular weight excluding hydrogens is 362 g/mol. The summed E-state index contributed by atoms with van der Waals surface area (Å²) in [5, 5.41) is 9.89. The summed E-state index contributed by atoms with van der Waals surface area (Å²) in [6.45, 7) is 6.21. The molecule has 0 aromatic carbocycles. The smallest absolute Gasteiger partial charge is 0.226 e. The number of rotatable bonds is 4. The van der Waals surface area contributed by atoms with Crippen molar-refractivity contribution in [2.24, 2.45) is 5.92 Å². The third-order valence-corrected chi connectivity index (χ3v) is 6.69. The van der Waals surface area contributed by atoms with Gasteiger partial charge in [0.25, 0.3) is 0 Å². The Morgan fingerprint density at radius 2 is 2.03 bits per heavy atom. The summed E-state index contributed by atoms with van der Waals surface area (Å²) in [4.78, 5) is 24.2. The summed E-state index contributed by atoms with van der Waals surface area (Å²) in [5.41, 5.74) is 4.31. The highest BCUT2D eigenvalue weighted by Crippen LogP contribution is 2.44. The van der Waals surface area contributed by atoms with E-state index in [-0.39, 0.29) is 12.0 Å². The standard InChI is InChI=1S/C23H29N5O/c1-15-13-27(9-10-28(15)23(29)17-5-6-17)22-19(12-24)11-20(18-7-8-26(2)14-18)21(25-22)16-3-4-16/h7,11,15-17H,3-6,8-10,13-14H2,1-2H3. The highest BCUT2D eigenvalue weighted by Gasteiger charge is 2.38. The van der Waals surface area contributed by atoms with Crippen molar-refractivity contribution in [1.29, 1.82) is 5.26 Å². The second-order valence-corrected chi connectivity index (χ2v) is 9.21. The van der Waals surface area contributed by atoms with E-state index in [4.69, 9.17) is 4.98 Å². The normalized spacial score (nSPS) is 25.1. The molecule has 29 heavy (non-hydrogen) atoms. The fraction of sp³-hybridized carbons (Fsp3) is 0.609. The van der Waals surface area contributed by atoms with Crippen LogP contribution in [0.5, 0.6) is 0 Å². The van der Waals surface area contributed by atoms with Gasteiger partial charge in [-0.25, -0.2) is 4.98 Å². The molecule has 3 heterocycles. The van der Waals surface area contributed by atoms with Gasteiger partial charge in [0, 0.05) is 56.2 Å². The fourth-order valence-electron chi connectivity index (χ4n) is 4.69. The van der Waals surface area contributed by atoms with Crippen molar-refractivity contribution in [3.05, 3.63) is 29.0 Å². The molecule has 4 aliphatic rings. The first-order valence-electron chi connectivity index (χ1n) is 10.9. The van der Waals surface area contributed by atoms with Crippen molar-refractivity contribution in [3.8, 4) is 6.07 Å². The fourth-order valence-corrected chi connectivity index (χ4v) is 4.69. The number of nitriles is 1. The zero-order valence-corrected chi connectivity index (χ0v) is 17.4.